The maximum atomic E-state index is 12.0. The lowest BCUT2D eigenvalue weighted by Gasteiger charge is -2.09. The van der Waals surface area contributed by atoms with Crippen LogP contribution in [0.2, 0.25) is 0 Å². The van der Waals surface area contributed by atoms with Crippen LogP contribution in [0.15, 0.2) is 34.9 Å². The Kier molecular flexibility index (Phi) is 3.22. The molecule has 0 bridgehead atoms. The predicted octanol–water partition coefficient (Wildman–Crippen LogP) is 3.15. The van der Waals surface area contributed by atoms with Gasteiger partial charge in [-0.05, 0) is 46.8 Å². The number of benzene rings is 1. The lowest BCUT2D eigenvalue weighted by atomic mass is 10.2. The average molecular weight is 341 g/mol. The summed E-state index contributed by atoms with van der Waals surface area (Å²) in [5.41, 5.74) is 1.22. The monoisotopic (exact) mass is 340 g/mol. The molecule has 100 valence electrons. The van der Waals surface area contributed by atoms with Crippen LogP contribution in [-0.2, 0) is 10.0 Å². The smallest absolute Gasteiger partial charge is 0.233 e. The van der Waals surface area contributed by atoms with E-state index in [1.807, 2.05) is 18.2 Å². The van der Waals surface area contributed by atoms with Gasteiger partial charge in [0.1, 0.15) is 0 Å². The highest BCUT2D eigenvalue weighted by Crippen LogP contribution is 2.31. The van der Waals surface area contributed by atoms with E-state index in [1.165, 1.54) is 0 Å². The Morgan fingerprint density at radius 1 is 1.37 bits per heavy atom. The van der Waals surface area contributed by atoms with E-state index in [0.717, 1.165) is 22.7 Å². The van der Waals surface area contributed by atoms with Gasteiger partial charge in [-0.15, -0.1) is 0 Å². The molecule has 0 aliphatic heterocycles. The van der Waals surface area contributed by atoms with Crippen LogP contribution in [0.25, 0.3) is 10.9 Å². The molecule has 1 aliphatic rings. The minimum absolute atomic E-state index is 0.208. The molecule has 2 aromatic rings. The number of halogens is 1. The quantitative estimate of drug-likeness (QED) is 0.929. The van der Waals surface area contributed by atoms with Gasteiger partial charge in [0, 0.05) is 16.1 Å². The zero-order valence-corrected chi connectivity index (χ0v) is 12.5. The Labute approximate surface area is 120 Å². The van der Waals surface area contributed by atoms with E-state index in [1.54, 1.807) is 12.3 Å². The van der Waals surface area contributed by atoms with Gasteiger partial charge < -0.3 is 0 Å². The lowest BCUT2D eigenvalue weighted by molar-refractivity contribution is 0.597. The van der Waals surface area contributed by atoms with Crippen LogP contribution in [0.4, 0.5) is 5.69 Å². The normalized spacial score (nSPS) is 15.6. The third kappa shape index (κ3) is 3.06. The van der Waals surface area contributed by atoms with E-state index in [-0.39, 0.29) is 5.75 Å². The lowest BCUT2D eigenvalue weighted by Crippen LogP contribution is -2.18. The summed E-state index contributed by atoms with van der Waals surface area (Å²) in [6.45, 7) is 0. The van der Waals surface area contributed by atoms with Gasteiger partial charge in [-0.1, -0.05) is 12.1 Å². The van der Waals surface area contributed by atoms with Crippen LogP contribution in [0.5, 0.6) is 0 Å². The molecule has 1 aromatic carbocycles. The van der Waals surface area contributed by atoms with E-state index in [0.29, 0.717) is 17.1 Å². The first-order valence-electron chi connectivity index (χ1n) is 6.08. The first-order chi connectivity index (χ1) is 9.03. The molecule has 6 heteroatoms. The second-order valence-electron chi connectivity index (χ2n) is 4.86. The molecule has 0 spiro atoms. The van der Waals surface area contributed by atoms with E-state index in [4.69, 9.17) is 0 Å². The van der Waals surface area contributed by atoms with Gasteiger partial charge in [0.25, 0.3) is 0 Å². The molecule has 0 radical (unpaired) electrons. The minimum atomic E-state index is -3.27. The van der Waals surface area contributed by atoms with Gasteiger partial charge in [-0.25, -0.2) is 8.42 Å². The van der Waals surface area contributed by atoms with Crippen molar-refractivity contribution in [3.8, 4) is 0 Å². The second-order valence-corrected chi connectivity index (χ2v) is 7.54. The number of sulfonamides is 1. The minimum Gasteiger partial charge on any atom is -0.281 e. The third-order valence-electron chi connectivity index (χ3n) is 3.10. The second kappa shape index (κ2) is 4.76. The van der Waals surface area contributed by atoms with Crippen molar-refractivity contribution in [2.75, 3.05) is 10.5 Å². The predicted molar refractivity (Wildman–Crippen MR) is 79.6 cm³/mol. The van der Waals surface area contributed by atoms with Crippen molar-refractivity contribution in [2.45, 2.75) is 12.8 Å². The van der Waals surface area contributed by atoms with Gasteiger partial charge in [-0.3, -0.25) is 9.71 Å². The summed E-state index contributed by atoms with van der Waals surface area (Å²) >= 11 is 3.36. The van der Waals surface area contributed by atoms with Crippen LogP contribution in [-0.4, -0.2) is 19.2 Å². The zero-order chi connectivity index (χ0) is 13.5. The first-order valence-corrected chi connectivity index (χ1v) is 8.53. The highest BCUT2D eigenvalue weighted by molar-refractivity contribution is 9.10. The summed E-state index contributed by atoms with van der Waals surface area (Å²) in [4.78, 5) is 4.29. The number of hydrogen-bond acceptors (Lipinski definition) is 3. The van der Waals surface area contributed by atoms with E-state index in [9.17, 15) is 8.42 Å². The number of rotatable bonds is 4. The molecule has 19 heavy (non-hydrogen) atoms. The SMILES string of the molecule is O=S(=O)(CC1CC1)Nc1cccc2cc(Br)cnc12. The van der Waals surface area contributed by atoms with Crippen molar-refractivity contribution in [1.82, 2.24) is 4.98 Å². The molecule has 0 unspecified atom stereocenters. The molecule has 1 heterocycles. The molecule has 1 fully saturated rings. The first kappa shape index (κ1) is 12.9. The van der Waals surface area contributed by atoms with Crippen LogP contribution in [0.1, 0.15) is 12.8 Å². The Bertz CT molecular complexity index is 727. The van der Waals surface area contributed by atoms with Crippen LogP contribution in [0.3, 0.4) is 0 Å². The van der Waals surface area contributed by atoms with Crippen molar-refractivity contribution < 1.29 is 8.42 Å². The fraction of sp³-hybridized carbons (Fsp3) is 0.308. The van der Waals surface area contributed by atoms with E-state index in [2.05, 4.69) is 25.6 Å². The number of aromatic nitrogens is 1. The van der Waals surface area contributed by atoms with Crippen molar-refractivity contribution in [3.63, 3.8) is 0 Å². The highest BCUT2D eigenvalue weighted by atomic mass is 79.9. The molecule has 0 atom stereocenters. The summed E-state index contributed by atoms with van der Waals surface area (Å²) in [5.74, 6) is 0.537. The van der Waals surface area contributed by atoms with Crippen LogP contribution < -0.4 is 4.72 Å². The standard InChI is InChI=1S/C13H13BrN2O2S/c14-11-6-10-2-1-3-12(13(10)15-7-11)16-19(17,18)8-9-4-5-9/h1-3,6-7,9,16H,4-5,8H2. The van der Waals surface area contributed by atoms with Crippen molar-refractivity contribution >= 4 is 42.5 Å². The summed E-state index contributed by atoms with van der Waals surface area (Å²) < 4.78 is 27.5. The van der Waals surface area contributed by atoms with Gasteiger partial charge in [-0.2, -0.15) is 0 Å². The Hall–Kier alpha value is -1.14. The van der Waals surface area contributed by atoms with Crippen molar-refractivity contribution in [3.05, 3.63) is 34.9 Å². The maximum absolute atomic E-state index is 12.0. The highest BCUT2D eigenvalue weighted by Gasteiger charge is 2.28. The van der Waals surface area contributed by atoms with Crippen molar-refractivity contribution in [1.29, 1.82) is 0 Å². The van der Waals surface area contributed by atoms with Crippen LogP contribution >= 0.6 is 15.9 Å². The maximum Gasteiger partial charge on any atom is 0.233 e. The topological polar surface area (TPSA) is 59.1 Å². The Morgan fingerprint density at radius 3 is 2.89 bits per heavy atom. The van der Waals surface area contributed by atoms with Gasteiger partial charge in [0.15, 0.2) is 0 Å². The van der Waals surface area contributed by atoms with Crippen molar-refractivity contribution in [2.24, 2.45) is 5.92 Å². The third-order valence-corrected chi connectivity index (χ3v) is 4.97. The Morgan fingerprint density at radius 2 is 2.16 bits per heavy atom. The molecule has 1 aromatic heterocycles. The number of nitrogens with zero attached hydrogens (tertiary/aromatic N) is 1. The fourth-order valence-corrected chi connectivity index (χ4v) is 3.91. The molecule has 3 rings (SSSR count). The zero-order valence-electron chi connectivity index (χ0n) is 10.1. The fourth-order valence-electron chi connectivity index (χ4n) is 2.02. The number of para-hydroxylation sites is 1. The number of pyridine rings is 1. The summed E-state index contributed by atoms with van der Waals surface area (Å²) in [6, 6.07) is 7.39. The molecule has 1 saturated carbocycles. The van der Waals surface area contributed by atoms with Gasteiger partial charge in [0.05, 0.1) is 17.0 Å². The molecule has 0 amide bonds. The van der Waals surface area contributed by atoms with Crippen LogP contribution in [0, 0.1) is 5.92 Å². The summed E-state index contributed by atoms with van der Waals surface area (Å²) in [5, 5.41) is 0.904. The summed E-state index contributed by atoms with van der Waals surface area (Å²) in [7, 11) is -3.27. The molecular weight excluding hydrogens is 328 g/mol. The number of nitrogens with one attached hydrogen (secondary N) is 1. The summed E-state index contributed by atoms with van der Waals surface area (Å²) in [6.07, 6.45) is 3.70. The molecule has 4 nitrogen and oxygen atoms in total. The van der Waals surface area contributed by atoms with E-state index >= 15 is 0 Å². The molecule has 1 N–H and O–H groups in total. The largest absolute Gasteiger partial charge is 0.281 e. The molecule has 0 saturated heterocycles. The van der Waals surface area contributed by atoms with Gasteiger partial charge >= 0.3 is 0 Å². The number of anilines is 1. The van der Waals surface area contributed by atoms with E-state index < -0.39 is 10.0 Å². The molecule has 1 aliphatic carbocycles. The molecular formula is C13H13BrN2O2S. The average Bonchev–Trinajstić information content (AvgIpc) is 3.11. The van der Waals surface area contributed by atoms with Gasteiger partial charge in [0.2, 0.25) is 10.0 Å². The number of fused-ring (bicyclic) bond motifs is 1. The number of hydrogen-bond donors (Lipinski definition) is 1. The Balaban J connectivity index is 1.96.